The molecule has 0 aromatic heterocycles. The molecule has 0 saturated heterocycles. The highest BCUT2D eigenvalue weighted by Gasteiger charge is 2.27. The van der Waals surface area contributed by atoms with Crippen molar-refractivity contribution in [3.8, 4) is 0 Å². The molecule has 420 valence electrons. The number of aliphatic hydroxyl groups is 1. The second-order valence-electron chi connectivity index (χ2n) is 21.7. The highest BCUT2D eigenvalue weighted by Crippen LogP contribution is 2.43. The Morgan fingerprint density at radius 2 is 0.806 bits per heavy atom. The molecular weight excluding hydrogens is 912 g/mol. The molecule has 0 aliphatic carbocycles. The summed E-state index contributed by atoms with van der Waals surface area (Å²) in [7, 11) is 1.53. The number of quaternary nitrogens is 1. The van der Waals surface area contributed by atoms with Gasteiger partial charge in [-0.3, -0.25) is 13.8 Å². The molecule has 9 heteroatoms. The van der Waals surface area contributed by atoms with Gasteiger partial charge < -0.3 is 19.8 Å². The molecule has 3 unspecified atom stereocenters. The van der Waals surface area contributed by atoms with Gasteiger partial charge in [0.2, 0.25) is 5.91 Å². The molecule has 0 rings (SSSR count). The third kappa shape index (κ3) is 55.7. The van der Waals surface area contributed by atoms with E-state index in [1.54, 1.807) is 6.08 Å². The highest BCUT2D eigenvalue weighted by molar-refractivity contribution is 7.47. The van der Waals surface area contributed by atoms with E-state index >= 15 is 0 Å². The molecule has 1 amide bonds. The summed E-state index contributed by atoms with van der Waals surface area (Å²) in [6.07, 6.45) is 74.5. The van der Waals surface area contributed by atoms with Gasteiger partial charge in [0.1, 0.15) is 13.2 Å². The Morgan fingerprint density at radius 3 is 1.21 bits per heavy atom. The number of hydrogen-bond donors (Lipinski definition) is 3. The summed E-state index contributed by atoms with van der Waals surface area (Å²) in [5.41, 5.74) is 0. The number of allylic oxidation sites excluding steroid dienone is 11. The van der Waals surface area contributed by atoms with Crippen LogP contribution in [0, 0.1) is 0 Å². The topological polar surface area (TPSA) is 105 Å². The zero-order valence-corrected chi connectivity index (χ0v) is 48.8. The van der Waals surface area contributed by atoms with Gasteiger partial charge in [0.05, 0.1) is 39.9 Å². The van der Waals surface area contributed by atoms with Crippen molar-refractivity contribution in [3.05, 3.63) is 72.9 Å². The minimum Gasteiger partial charge on any atom is -0.387 e. The molecular formula is C63H118N2O6P+. The fourth-order valence-corrected chi connectivity index (χ4v) is 9.35. The van der Waals surface area contributed by atoms with Crippen molar-refractivity contribution in [1.82, 2.24) is 5.32 Å². The normalized spacial score (nSPS) is 14.4. The molecule has 0 bridgehead atoms. The van der Waals surface area contributed by atoms with Crippen LogP contribution in [0.4, 0.5) is 0 Å². The van der Waals surface area contributed by atoms with Crippen molar-refractivity contribution in [2.75, 3.05) is 40.9 Å². The van der Waals surface area contributed by atoms with Gasteiger partial charge in [-0.25, -0.2) is 4.57 Å². The van der Waals surface area contributed by atoms with E-state index in [1.807, 2.05) is 27.2 Å². The summed E-state index contributed by atoms with van der Waals surface area (Å²) in [6, 6.07) is -0.882. The van der Waals surface area contributed by atoms with Crippen LogP contribution < -0.4 is 5.32 Å². The average molecular weight is 1030 g/mol. The molecule has 0 aromatic carbocycles. The van der Waals surface area contributed by atoms with Gasteiger partial charge in [0, 0.05) is 6.42 Å². The van der Waals surface area contributed by atoms with Crippen LogP contribution in [0.5, 0.6) is 0 Å². The predicted molar refractivity (Wildman–Crippen MR) is 313 cm³/mol. The maximum Gasteiger partial charge on any atom is 0.472 e. The van der Waals surface area contributed by atoms with E-state index in [9.17, 15) is 19.4 Å². The summed E-state index contributed by atoms with van der Waals surface area (Å²) in [5, 5.41) is 13.9. The van der Waals surface area contributed by atoms with Gasteiger partial charge in [0.15, 0.2) is 0 Å². The molecule has 3 N–H and O–H groups in total. The van der Waals surface area contributed by atoms with Crippen LogP contribution in [-0.2, 0) is 18.4 Å². The Balaban J connectivity index is 4.28. The van der Waals surface area contributed by atoms with Gasteiger partial charge in [-0.1, -0.05) is 254 Å². The van der Waals surface area contributed by atoms with Gasteiger partial charge in [-0.2, -0.15) is 0 Å². The van der Waals surface area contributed by atoms with Crippen molar-refractivity contribution in [2.45, 2.75) is 283 Å². The first-order chi connectivity index (χ1) is 35.0. The number of nitrogens with one attached hydrogen (secondary N) is 1. The Kier molecular flexibility index (Phi) is 52.2. The number of phosphoric ester groups is 1. The lowest BCUT2D eigenvalue weighted by Gasteiger charge is -2.25. The lowest BCUT2D eigenvalue weighted by Crippen LogP contribution is -2.45. The van der Waals surface area contributed by atoms with Crippen LogP contribution in [-0.4, -0.2) is 73.4 Å². The number of aliphatic hydroxyl groups excluding tert-OH is 1. The van der Waals surface area contributed by atoms with Gasteiger partial charge >= 0.3 is 7.82 Å². The maximum atomic E-state index is 13.0. The van der Waals surface area contributed by atoms with E-state index in [-0.39, 0.29) is 19.1 Å². The van der Waals surface area contributed by atoms with E-state index in [4.69, 9.17) is 9.05 Å². The van der Waals surface area contributed by atoms with Crippen molar-refractivity contribution in [2.24, 2.45) is 0 Å². The van der Waals surface area contributed by atoms with Crippen LogP contribution in [0.1, 0.15) is 271 Å². The fourth-order valence-electron chi connectivity index (χ4n) is 8.61. The first-order valence-corrected chi connectivity index (χ1v) is 31.8. The predicted octanol–water partition coefficient (Wildman–Crippen LogP) is 18.7. The Bertz CT molecular complexity index is 1400. The standard InChI is InChI=1S/C63H117N2O6P/c1-6-8-10-12-14-16-18-20-22-24-26-28-29-30-31-32-33-34-35-37-38-40-42-44-46-48-50-52-54-56-62(66)61(60-71-72(68,69)70-59-58-65(3,4)5)64-63(67)57-55-53-51-49-47-45-43-41-39-36-27-25-23-21-19-17-15-13-11-9-7-2/h19,21,25,27,38-41,46,48,54,56,61-62,66H,6-18,20,22-24,26,28-37,42-45,47,49-53,55,57-60H2,1-5H3,(H-,64,67,68,69)/p+1/b21-19-,27-25-,40-38+,41-39-,48-46+,56-54+. The summed E-state index contributed by atoms with van der Waals surface area (Å²) in [6.45, 7) is 4.78. The van der Waals surface area contributed by atoms with E-state index in [1.165, 1.54) is 180 Å². The molecule has 72 heavy (non-hydrogen) atoms. The van der Waals surface area contributed by atoms with Gasteiger partial charge in [0.25, 0.3) is 0 Å². The number of likely N-dealkylation sites (N-methyl/N-ethyl adjacent to an activating group) is 1. The lowest BCUT2D eigenvalue weighted by atomic mass is 10.0. The SMILES string of the molecule is CCCCCCC/C=C\C/C=C\C/C=C\CCCCCCCCC(=O)NC(COP(=O)(O)OCC[N+](C)(C)C)C(O)/C=C/CC/C=C/CC/C=C/CCCCCCCCCCCCCCCCCCCCC. The van der Waals surface area contributed by atoms with E-state index in [0.29, 0.717) is 17.4 Å². The quantitative estimate of drug-likeness (QED) is 0.0243. The molecule has 0 aromatic rings. The van der Waals surface area contributed by atoms with Crippen LogP contribution in [0.15, 0.2) is 72.9 Å². The molecule has 0 aliphatic heterocycles. The summed E-state index contributed by atoms with van der Waals surface area (Å²) < 4.78 is 23.7. The Labute approximate surface area is 446 Å². The minimum absolute atomic E-state index is 0.0478. The van der Waals surface area contributed by atoms with E-state index in [2.05, 4.69) is 79.9 Å². The fraction of sp³-hybridized carbons (Fsp3) is 0.794. The first kappa shape index (κ1) is 69.9. The van der Waals surface area contributed by atoms with Crippen LogP contribution >= 0.6 is 7.82 Å². The Morgan fingerprint density at radius 1 is 0.472 bits per heavy atom. The monoisotopic (exact) mass is 1030 g/mol. The number of carbonyl (C=O) groups is 1. The van der Waals surface area contributed by atoms with Crippen molar-refractivity contribution >= 4 is 13.7 Å². The molecule has 0 fully saturated rings. The summed E-state index contributed by atoms with van der Waals surface area (Å²) in [4.78, 5) is 23.3. The maximum absolute atomic E-state index is 13.0. The third-order valence-corrected chi connectivity index (χ3v) is 14.4. The third-order valence-electron chi connectivity index (χ3n) is 13.4. The first-order valence-electron chi connectivity index (χ1n) is 30.3. The second kappa shape index (κ2) is 53.8. The second-order valence-corrected chi connectivity index (χ2v) is 23.2. The average Bonchev–Trinajstić information content (AvgIpc) is 3.34. The zero-order chi connectivity index (χ0) is 52.7. The van der Waals surface area contributed by atoms with Crippen LogP contribution in [0.3, 0.4) is 0 Å². The van der Waals surface area contributed by atoms with Crippen molar-refractivity contribution in [1.29, 1.82) is 0 Å². The number of phosphoric acid groups is 1. The number of carbonyl (C=O) groups excluding carboxylic acids is 1. The largest absolute Gasteiger partial charge is 0.472 e. The molecule has 0 radical (unpaired) electrons. The number of amides is 1. The Hall–Kier alpha value is -2.06. The van der Waals surface area contributed by atoms with Crippen LogP contribution in [0.25, 0.3) is 0 Å². The molecule has 8 nitrogen and oxygen atoms in total. The molecule has 0 aliphatic rings. The number of rotatable bonds is 55. The van der Waals surface area contributed by atoms with Crippen molar-refractivity contribution in [3.63, 3.8) is 0 Å². The summed E-state index contributed by atoms with van der Waals surface area (Å²) in [5.74, 6) is -0.203. The smallest absolute Gasteiger partial charge is 0.387 e. The van der Waals surface area contributed by atoms with Gasteiger partial charge in [-0.15, -0.1) is 0 Å². The molecule has 0 heterocycles. The minimum atomic E-state index is -4.37. The van der Waals surface area contributed by atoms with Gasteiger partial charge in [-0.05, 0) is 83.5 Å². The van der Waals surface area contributed by atoms with E-state index in [0.717, 1.165) is 70.6 Å². The molecule has 0 spiro atoms. The number of hydrogen-bond acceptors (Lipinski definition) is 5. The van der Waals surface area contributed by atoms with E-state index < -0.39 is 20.0 Å². The van der Waals surface area contributed by atoms with Crippen LogP contribution in [0.2, 0.25) is 0 Å². The molecule has 3 atom stereocenters. The van der Waals surface area contributed by atoms with Crippen molar-refractivity contribution < 1.29 is 32.9 Å². The highest BCUT2D eigenvalue weighted by atomic mass is 31.2. The molecule has 0 saturated carbocycles. The lowest BCUT2D eigenvalue weighted by molar-refractivity contribution is -0.870. The zero-order valence-electron chi connectivity index (χ0n) is 47.9. The summed E-state index contributed by atoms with van der Waals surface area (Å²) >= 11 is 0. The number of unbranched alkanes of at least 4 members (excludes halogenated alkanes) is 32. The number of nitrogens with zero attached hydrogens (tertiary/aromatic N) is 1.